The van der Waals surface area contributed by atoms with Crippen molar-refractivity contribution in [2.75, 3.05) is 4.90 Å². The summed E-state index contributed by atoms with van der Waals surface area (Å²) < 4.78 is 6.30. The first kappa shape index (κ1) is 11.3. The lowest BCUT2D eigenvalue weighted by Gasteiger charge is -2.28. The predicted molar refractivity (Wildman–Crippen MR) is 72.8 cm³/mol. The van der Waals surface area contributed by atoms with E-state index in [1.54, 1.807) is 11.0 Å². The van der Waals surface area contributed by atoms with Crippen LogP contribution in [0, 0.1) is 0 Å². The smallest absolute Gasteiger partial charge is 0.410 e. The number of carbonyl (C=O) groups is 1. The van der Waals surface area contributed by atoms with Gasteiger partial charge in [-0.2, -0.15) is 0 Å². The lowest BCUT2D eigenvalue weighted by molar-refractivity contribution is 0.203. The molecule has 0 unspecified atom stereocenters. The molecule has 0 aromatic heterocycles. The monoisotopic (exact) mass is 303 g/mol. The summed E-state index contributed by atoms with van der Waals surface area (Å²) in [6, 6.07) is 15.2. The SMILES string of the molecule is O=C1Oc2ccc(Br)cc2CN1c1ccccc1. The number of fused-ring (bicyclic) bond motifs is 1. The molecule has 2 aromatic carbocycles. The number of carbonyl (C=O) groups excluding carboxylic acids is 1. The summed E-state index contributed by atoms with van der Waals surface area (Å²) in [7, 11) is 0. The zero-order valence-electron chi connectivity index (χ0n) is 9.47. The average molecular weight is 304 g/mol. The number of nitrogens with zero attached hydrogens (tertiary/aromatic N) is 1. The maximum atomic E-state index is 11.9. The van der Waals surface area contributed by atoms with Crippen LogP contribution >= 0.6 is 15.9 Å². The summed E-state index contributed by atoms with van der Waals surface area (Å²) in [4.78, 5) is 13.6. The van der Waals surface area contributed by atoms with E-state index in [0.29, 0.717) is 12.3 Å². The topological polar surface area (TPSA) is 29.5 Å². The molecule has 1 aliphatic rings. The number of rotatable bonds is 1. The number of benzene rings is 2. The molecule has 18 heavy (non-hydrogen) atoms. The molecule has 90 valence electrons. The van der Waals surface area contributed by atoms with E-state index < -0.39 is 0 Å². The van der Waals surface area contributed by atoms with Crippen molar-refractivity contribution in [1.82, 2.24) is 0 Å². The van der Waals surface area contributed by atoms with Gasteiger partial charge in [0.1, 0.15) is 5.75 Å². The second kappa shape index (κ2) is 4.46. The molecule has 1 amide bonds. The van der Waals surface area contributed by atoms with Crippen molar-refractivity contribution < 1.29 is 9.53 Å². The van der Waals surface area contributed by atoms with Crippen LogP contribution in [0.15, 0.2) is 53.0 Å². The second-order valence-corrected chi connectivity index (χ2v) is 4.96. The third kappa shape index (κ3) is 1.99. The van der Waals surface area contributed by atoms with Crippen molar-refractivity contribution in [3.05, 3.63) is 58.6 Å². The number of halogens is 1. The molecule has 0 atom stereocenters. The first-order chi connectivity index (χ1) is 8.74. The molecule has 0 aliphatic carbocycles. The Morgan fingerprint density at radius 3 is 2.67 bits per heavy atom. The standard InChI is InChI=1S/C14H10BrNO2/c15-11-6-7-13-10(8-11)9-16(14(17)18-13)12-4-2-1-3-5-12/h1-8H,9H2. The van der Waals surface area contributed by atoms with E-state index in [0.717, 1.165) is 15.7 Å². The lowest BCUT2D eigenvalue weighted by atomic mass is 10.1. The van der Waals surface area contributed by atoms with E-state index in [4.69, 9.17) is 4.74 Å². The Morgan fingerprint density at radius 1 is 1.11 bits per heavy atom. The van der Waals surface area contributed by atoms with Gasteiger partial charge in [-0.3, -0.25) is 4.90 Å². The molecule has 3 nitrogen and oxygen atoms in total. The summed E-state index contributed by atoms with van der Waals surface area (Å²) in [5.74, 6) is 0.635. The van der Waals surface area contributed by atoms with E-state index >= 15 is 0 Å². The molecule has 0 saturated heterocycles. The minimum Gasteiger partial charge on any atom is -0.410 e. The second-order valence-electron chi connectivity index (χ2n) is 4.04. The Kier molecular flexibility index (Phi) is 2.80. The Labute approximate surface area is 113 Å². The maximum absolute atomic E-state index is 11.9. The van der Waals surface area contributed by atoms with Crippen LogP contribution in [0.1, 0.15) is 5.56 Å². The van der Waals surface area contributed by atoms with Gasteiger partial charge in [0.2, 0.25) is 0 Å². The van der Waals surface area contributed by atoms with Gasteiger partial charge in [-0.15, -0.1) is 0 Å². The molecule has 3 rings (SSSR count). The van der Waals surface area contributed by atoms with E-state index in [1.807, 2.05) is 42.5 Å². The van der Waals surface area contributed by atoms with Crippen molar-refractivity contribution in [3.63, 3.8) is 0 Å². The highest BCUT2D eigenvalue weighted by Gasteiger charge is 2.25. The number of anilines is 1. The summed E-state index contributed by atoms with van der Waals surface area (Å²) in [6.45, 7) is 0.525. The van der Waals surface area contributed by atoms with E-state index in [2.05, 4.69) is 15.9 Å². The zero-order valence-corrected chi connectivity index (χ0v) is 11.1. The number of para-hydroxylation sites is 1. The average Bonchev–Trinajstić information content (AvgIpc) is 2.39. The summed E-state index contributed by atoms with van der Waals surface area (Å²) in [5, 5.41) is 0. The van der Waals surface area contributed by atoms with E-state index in [9.17, 15) is 4.79 Å². The molecular formula is C14H10BrNO2. The molecule has 1 aliphatic heterocycles. The van der Waals surface area contributed by atoms with Gasteiger partial charge in [0, 0.05) is 15.7 Å². The van der Waals surface area contributed by atoms with Crippen molar-refractivity contribution in [3.8, 4) is 5.75 Å². The summed E-state index contributed by atoms with van der Waals surface area (Å²) >= 11 is 3.42. The van der Waals surface area contributed by atoms with Crippen LogP contribution < -0.4 is 9.64 Å². The highest BCUT2D eigenvalue weighted by atomic mass is 79.9. The van der Waals surface area contributed by atoms with Gasteiger partial charge in [-0.05, 0) is 30.3 Å². The van der Waals surface area contributed by atoms with Crippen LogP contribution in [0.2, 0.25) is 0 Å². The van der Waals surface area contributed by atoms with Crippen molar-refractivity contribution in [2.24, 2.45) is 0 Å². The molecule has 1 heterocycles. The zero-order chi connectivity index (χ0) is 12.5. The fraction of sp³-hybridized carbons (Fsp3) is 0.0714. The number of amides is 1. The highest BCUT2D eigenvalue weighted by molar-refractivity contribution is 9.10. The fourth-order valence-electron chi connectivity index (χ4n) is 1.96. The first-order valence-electron chi connectivity index (χ1n) is 5.57. The van der Waals surface area contributed by atoms with Crippen LogP contribution in [0.5, 0.6) is 5.75 Å². The van der Waals surface area contributed by atoms with Crippen LogP contribution in [0.3, 0.4) is 0 Å². The minimum absolute atomic E-state index is 0.337. The van der Waals surface area contributed by atoms with Crippen LogP contribution in [-0.2, 0) is 6.54 Å². The summed E-state index contributed by atoms with van der Waals surface area (Å²) in [5.41, 5.74) is 1.83. The van der Waals surface area contributed by atoms with Gasteiger partial charge in [0.15, 0.2) is 0 Å². The van der Waals surface area contributed by atoms with Crippen LogP contribution in [0.25, 0.3) is 0 Å². The number of hydrogen-bond acceptors (Lipinski definition) is 2. The first-order valence-corrected chi connectivity index (χ1v) is 6.36. The van der Waals surface area contributed by atoms with Gasteiger partial charge in [-0.1, -0.05) is 34.1 Å². The Morgan fingerprint density at radius 2 is 1.89 bits per heavy atom. The molecular weight excluding hydrogens is 294 g/mol. The fourth-order valence-corrected chi connectivity index (χ4v) is 2.37. The Balaban J connectivity index is 1.99. The Bertz CT molecular complexity index is 598. The third-order valence-electron chi connectivity index (χ3n) is 2.84. The number of hydrogen-bond donors (Lipinski definition) is 0. The van der Waals surface area contributed by atoms with Gasteiger partial charge in [0.05, 0.1) is 6.54 Å². The van der Waals surface area contributed by atoms with Gasteiger partial charge >= 0.3 is 6.09 Å². The highest BCUT2D eigenvalue weighted by Crippen LogP contribution is 2.31. The van der Waals surface area contributed by atoms with Crippen LogP contribution in [-0.4, -0.2) is 6.09 Å². The molecule has 0 bridgehead atoms. The summed E-state index contributed by atoms with van der Waals surface area (Å²) in [6.07, 6.45) is -0.337. The third-order valence-corrected chi connectivity index (χ3v) is 3.33. The largest absolute Gasteiger partial charge is 0.420 e. The van der Waals surface area contributed by atoms with Crippen molar-refractivity contribution >= 4 is 27.7 Å². The van der Waals surface area contributed by atoms with E-state index in [-0.39, 0.29) is 6.09 Å². The normalized spacial score (nSPS) is 14.1. The molecule has 2 aromatic rings. The van der Waals surface area contributed by atoms with Crippen molar-refractivity contribution in [2.45, 2.75) is 6.54 Å². The minimum atomic E-state index is -0.337. The van der Waals surface area contributed by atoms with Gasteiger partial charge in [-0.25, -0.2) is 4.79 Å². The van der Waals surface area contributed by atoms with Crippen molar-refractivity contribution in [1.29, 1.82) is 0 Å². The molecule has 0 saturated carbocycles. The molecule has 0 spiro atoms. The molecule has 0 N–H and O–H groups in total. The Hall–Kier alpha value is -1.81. The molecule has 4 heteroatoms. The van der Waals surface area contributed by atoms with E-state index in [1.165, 1.54) is 0 Å². The quantitative estimate of drug-likeness (QED) is 0.798. The molecule has 0 fully saturated rings. The predicted octanol–water partition coefficient (Wildman–Crippen LogP) is 3.97. The maximum Gasteiger partial charge on any atom is 0.420 e. The number of ether oxygens (including phenoxy) is 1. The lowest BCUT2D eigenvalue weighted by Crippen LogP contribution is -2.36. The van der Waals surface area contributed by atoms with Gasteiger partial charge in [0.25, 0.3) is 0 Å². The van der Waals surface area contributed by atoms with Crippen LogP contribution in [0.4, 0.5) is 10.5 Å². The van der Waals surface area contributed by atoms with Gasteiger partial charge < -0.3 is 4.74 Å². The molecule has 0 radical (unpaired) electrons.